The smallest absolute Gasteiger partial charge is 0.125 e. The number of aryl methyl sites for hydroxylation is 2. The highest BCUT2D eigenvalue weighted by atomic mass is 35.5. The molecule has 0 amide bonds. The summed E-state index contributed by atoms with van der Waals surface area (Å²) < 4.78 is 17.4. The molecule has 0 saturated carbocycles. The van der Waals surface area contributed by atoms with Gasteiger partial charge in [0.1, 0.15) is 5.75 Å². The second kappa shape index (κ2) is 5.96. The van der Waals surface area contributed by atoms with Crippen molar-refractivity contribution in [1.82, 2.24) is 0 Å². The highest BCUT2D eigenvalue weighted by Gasteiger charge is 2.05. The topological polar surface area (TPSA) is 9.23 Å². The average Bonchev–Trinajstić information content (AvgIpc) is 2.22. The van der Waals surface area contributed by atoms with E-state index in [0.29, 0.717) is 18.9 Å². The zero-order valence-corrected chi connectivity index (χ0v) is 9.90. The van der Waals surface area contributed by atoms with E-state index in [4.69, 9.17) is 16.3 Å². The standard InChI is InChI=1S/C12H16ClFO/c1-9-6-11(8-13)7-10(2)12(9)15-5-3-4-14/h6-7H,3-5,8H2,1-2H3. The van der Waals surface area contributed by atoms with Gasteiger partial charge in [-0.1, -0.05) is 12.1 Å². The third-order valence-corrected chi connectivity index (χ3v) is 2.51. The maximum absolute atomic E-state index is 11.9. The van der Waals surface area contributed by atoms with Crippen LogP contribution in [-0.4, -0.2) is 13.3 Å². The lowest BCUT2D eigenvalue weighted by molar-refractivity contribution is 0.286. The summed E-state index contributed by atoms with van der Waals surface area (Å²) in [5, 5.41) is 0. The number of hydrogen-bond donors (Lipinski definition) is 0. The molecular formula is C12H16ClFO. The van der Waals surface area contributed by atoms with Crippen molar-refractivity contribution in [3.8, 4) is 5.75 Å². The summed E-state index contributed by atoms with van der Waals surface area (Å²) in [7, 11) is 0. The summed E-state index contributed by atoms with van der Waals surface area (Å²) in [5.74, 6) is 1.37. The van der Waals surface area contributed by atoms with E-state index in [2.05, 4.69) is 0 Å². The lowest BCUT2D eigenvalue weighted by atomic mass is 10.1. The van der Waals surface area contributed by atoms with Crippen molar-refractivity contribution in [2.75, 3.05) is 13.3 Å². The Bertz CT molecular complexity index is 302. The molecule has 0 unspecified atom stereocenters. The van der Waals surface area contributed by atoms with Crippen molar-refractivity contribution in [3.63, 3.8) is 0 Å². The van der Waals surface area contributed by atoms with Gasteiger partial charge in [-0.2, -0.15) is 0 Å². The number of hydrogen-bond acceptors (Lipinski definition) is 1. The van der Waals surface area contributed by atoms with Gasteiger partial charge in [-0.05, 0) is 30.5 Å². The Morgan fingerprint density at radius 1 is 1.27 bits per heavy atom. The molecule has 1 aromatic rings. The lowest BCUT2D eigenvalue weighted by Gasteiger charge is -2.12. The summed E-state index contributed by atoms with van der Waals surface area (Å²) >= 11 is 5.76. The molecule has 0 bridgehead atoms. The van der Waals surface area contributed by atoms with Crippen LogP contribution < -0.4 is 4.74 Å². The number of ether oxygens (including phenoxy) is 1. The molecule has 3 heteroatoms. The number of benzene rings is 1. The number of halogens is 2. The van der Waals surface area contributed by atoms with E-state index in [1.54, 1.807) is 0 Å². The fourth-order valence-electron chi connectivity index (χ4n) is 1.57. The highest BCUT2D eigenvalue weighted by molar-refractivity contribution is 6.17. The van der Waals surface area contributed by atoms with Crippen molar-refractivity contribution < 1.29 is 9.13 Å². The zero-order chi connectivity index (χ0) is 11.3. The molecule has 0 fully saturated rings. The lowest BCUT2D eigenvalue weighted by Crippen LogP contribution is -2.02. The first-order chi connectivity index (χ1) is 7.19. The van der Waals surface area contributed by atoms with Crippen molar-refractivity contribution in [3.05, 3.63) is 28.8 Å². The molecule has 0 atom stereocenters. The number of rotatable bonds is 5. The van der Waals surface area contributed by atoms with Crippen LogP contribution in [0.25, 0.3) is 0 Å². The van der Waals surface area contributed by atoms with Gasteiger partial charge in [0.2, 0.25) is 0 Å². The minimum absolute atomic E-state index is 0.335. The second-order valence-electron chi connectivity index (χ2n) is 3.58. The maximum atomic E-state index is 11.9. The molecule has 0 aliphatic carbocycles. The van der Waals surface area contributed by atoms with E-state index in [9.17, 15) is 4.39 Å². The minimum atomic E-state index is -0.335. The largest absolute Gasteiger partial charge is 0.493 e. The van der Waals surface area contributed by atoms with E-state index in [-0.39, 0.29) is 6.67 Å². The van der Waals surface area contributed by atoms with Gasteiger partial charge < -0.3 is 4.74 Å². The monoisotopic (exact) mass is 230 g/mol. The molecule has 0 aliphatic rings. The first-order valence-electron chi connectivity index (χ1n) is 5.04. The quantitative estimate of drug-likeness (QED) is 0.553. The SMILES string of the molecule is Cc1cc(CCl)cc(C)c1OCCCF. The second-order valence-corrected chi connectivity index (χ2v) is 3.85. The molecule has 0 radical (unpaired) electrons. The first kappa shape index (κ1) is 12.3. The Labute approximate surface area is 95.2 Å². The summed E-state index contributed by atoms with van der Waals surface area (Å²) in [6.45, 7) is 4.05. The van der Waals surface area contributed by atoms with Crippen LogP contribution in [0.5, 0.6) is 5.75 Å². The van der Waals surface area contributed by atoms with Gasteiger partial charge in [-0.3, -0.25) is 4.39 Å². The van der Waals surface area contributed by atoms with Crippen molar-refractivity contribution in [2.45, 2.75) is 26.1 Å². The van der Waals surface area contributed by atoms with Gasteiger partial charge in [0.25, 0.3) is 0 Å². The fourth-order valence-corrected chi connectivity index (χ4v) is 1.73. The third kappa shape index (κ3) is 3.38. The normalized spacial score (nSPS) is 10.4. The predicted octanol–water partition coefficient (Wildman–Crippen LogP) is 3.78. The van der Waals surface area contributed by atoms with E-state index in [1.165, 1.54) is 0 Å². The molecule has 1 nitrogen and oxygen atoms in total. The Kier molecular flexibility index (Phi) is 4.89. The molecule has 0 N–H and O–H groups in total. The molecule has 0 aromatic heterocycles. The maximum Gasteiger partial charge on any atom is 0.125 e. The fraction of sp³-hybridized carbons (Fsp3) is 0.500. The Balaban J connectivity index is 2.79. The molecular weight excluding hydrogens is 215 g/mol. The average molecular weight is 231 g/mol. The summed E-state index contributed by atoms with van der Waals surface area (Å²) in [6.07, 6.45) is 0.441. The van der Waals surface area contributed by atoms with Crippen LogP contribution in [0, 0.1) is 13.8 Å². The van der Waals surface area contributed by atoms with Gasteiger partial charge in [-0.25, -0.2) is 0 Å². The molecule has 84 valence electrons. The van der Waals surface area contributed by atoms with E-state index >= 15 is 0 Å². The van der Waals surface area contributed by atoms with Crippen LogP contribution in [-0.2, 0) is 5.88 Å². The van der Waals surface area contributed by atoms with E-state index in [0.717, 1.165) is 22.4 Å². The molecule has 0 heterocycles. The van der Waals surface area contributed by atoms with Crippen LogP contribution in [0.4, 0.5) is 4.39 Å². The van der Waals surface area contributed by atoms with Gasteiger partial charge in [-0.15, -0.1) is 11.6 Å². The summed E-state index contributed by atoms with van der Waals surface area (Å²) in [6, 6.07) is 4.01. The van der Waals surface area contributed by atoms with Gasteiger partial charge in [0.15, 0.2) is 0 Å². The molecule has 1 rings (SSSR count). The van der Waals surface area contributed by atoms with Crippen LogP contribution >= 0.6 is 11.6 Å². The molecule has 1 aromatic carbocycles. The van der Waals surface area contributed by atoms with Crippen molar-refractivity contribution in [1.29, 1.82) is 0 Å². The summed E-state index contributed by atoms with van der Waals surface area (Å²) in [5.41, 5.74) is 3.21. The predicted molar refractivity (Wildman–Crippen MR) is 61.6 cm³/mol. The van der Waals surface area contributed by atoms with Crippen LogP contribution in [0.1, 0.15) is 23.1 Å². The molecule has 0 spiro atoms. The Hall–Kier alpha value is -0.760. The van der Waals surface area contributed by atoms with Gasteiger partial charge >= 0.3 is 0 Å². The molecule has 15 heavy (non-hydrogen) atoms. The minimum Gasteiger partial charge on any atom is -0.493 e. The highest BCUT2D eigenvalue weighted by Crippen LogP contribution is 2.25. The van der Waals surface area contributed by atoms with Gasteiger partial charge in [0.05, 0.1) is 13.3 Å². The van der Waals surface area contributed by atoms with Gasteiger partial charge in [0, 0.05) is 12.3 Å². The van der Waals surface area contributed by atoms with E-state index in [1.807, 2.05) is 26.0 Å². The van der Waals surface area contributed by atoms with Crippen molar-refractivity contribution in [2.24, 2.45) is 0 Å². The molecule has 0 aliphatic heterocycles. The third-order valence-electron chi connectivity index (χ3n) is 2.20. The van der Waals surface area contributed by atoms with Crippen LogP contribution in [0.15, 0.2) is 12.1 Å². The first-order valence-corrected chi connectivity index (χ1v) is 5.57. The zero-order valence-electron chi connectivity index (χ0n) is 9.15. The van der Waals surface area contributed by atoms with Crippen molar-refractivity contribution >= 4 is 11.6 Å². The Morgan fingerprint density at radius 2 is 1.87 bits per heavy atom. The Morgan fingerprint density at radius 3 is 2.33 bits per heavy atom. The number of alkyl halides is 2. The summed E-state index contributed by atoms with van der Waals surface area (Å²) in [4.78, 5) is 0. The van der Waals surface area contributed by atoms with E-state index < -0.39 is 0 Å². The van der Waals surface area contributed by atoms with Crippen LogP contribution in [0.2, 0.25) is 0 Å². The van der Waals surface area contributed by atoms with Crippen LogP contribution in [0.3, 0.4) is 0 Å². The molecule has 0 saturated heterocycles.